The van der Waals surface area contributed by atoms with E-state index in [1.54, 1.807) is 6.92 Å². The molecule has 0 aliphatic carbocycles. The average molecular weight is 396 g/mol. The number of aliphatic hydroxyl groups is 1. The maximum Gasteiger partial charge on any atom is 0.430 e. The molecule has 0 radical (unpaired) electrons. The van der Waals surface area contributed by atoms with Crippen LogP contribution in [0.1, 0.15) is 20.8 Å². The molecule has 0 saturated heterocycles. The van der Waals surface area contributed by atoms with E-state index < -0.39 is 42.1 Å². The van der Waals surface area contributed by atoms with Gasteiger partial charge >= 0.3 is 24.3 Å². The molecular formula is C14H18F6O6. The minimum absolute atomic E-state index is 0.224. The van der Waals surface area contributed by atoms with E-state index in [9.17, 15) is 41.0 Å². The van der Waals surface area contributed by atoms with E-state index in [0.29, 0.717) is 0 Å². The number of hydrogen-bond acceptors (Lipinski definition) is 6. The van der Waals surface area contributed by atoms with Crippen LogP contribution in [0.25, 0.3) is 0 Å². The predicted molar refractivity (Wildman–Crippen MR) is 73.8 cm³/mol. The van der Waals surface area contributed by atoms with Gasteiger partial charge in [0.25, 0.3) is 5.60 Å². The second-order valence-electron chi connectivity index (χ2n) is 5.51. The molecule has 0 aliphatic heterocycles. The topological polar surface area (TPSA) is 82.1 Å². The third-order valence-corrected chi connectivity index (χ3v) is 3.15. The molecule has 0 unspecified atom stereocenters. The molecule has 0 aliphatic rings. The summed E-state index contributed by atoms with van der Waals surface area (Å²) in [5.41, 5.74) is -9.04. The van der Waals surface area contributed by atoms with E-state index in [1.165, 1.54) is 0 Å². The molecule has 0 saturated carbocycles. The Morgan fingerprint density at radius 3 is 1.85 bits per heavy atom. The number of ether oxygens (including phenoxy) is 3. The Morgan fingerprint density at radius 2 is 1.46 bits per heavy atom. The Labute approximate surface area is 144 Å². The molecule has 26 heavy (non-hydrogen) atoms. The quantitative estimate of drug-likeness (QED) is 0.385. The Bertz CT molecular complexity index is 523. The summed E-state index contributed by atoms with van der Waals surface area (Å²) in [6.45, 7) is 4.01. The molecule has 0 fully saturated rings. The van der Waals surface area contributed by atoms with Gasteiger partial charge in [0.2, 0.25) is 0 Å². The molecule has 152 valence electrons. The molecule has 0 spiro atoms. The fourth-order valence-electron chi connectivity index (χ4n) is 1.74. The summed E-state index contributed by atoms with van der Waals surface area (Å²) >= 11 is 0. The van der Waals surface area contributed by atoms with Gasteiger partial charge in [-0.2, -0.15) is 26.3 Å². The van der Waals surface area contributed by atoms with Crippen molar-refractivity contribution in [2.45, 2.75) is 44.3 Å². The summed E-state index contributed by atoms with van der Waals surface area (Å²) in [5, 5.41) is 9.26. The van der Waals surface area contributed by atoms with Crippen molar-refractivity contribution < 1.29 is 55.2 Å². The van der Waals surface area contributed by atoms with Gasteiger partial charge in [0.1, 0.15) is 0 Å². The van der Waals surface area contributed by atoms with Crippen molar-refractivity contribution in [2.24, 2.45) is 0 Å². The number of carbonyl (C=O) groups is 2. The van der Waals surface area contributed by atoms with Gasteiger partial charge in [-0.25, -0.2) is 9.59 Å². The van der Waals surface area contributed by atoms with Crippen molar-refractivity contribution in [3.05, 3.63) is 12.2 Å². The van der Waals surface area contributed by atoms with Crippen molar-refractivity contribution in [1.29, 1.82) is 0 Å². The second kappa shape index (κ2) is 8.25. The molecular weight excluding hydrogens is 378 g/mol. The first kappa shape index (κ1) is 24.2. The molecule has 1 N–H and O–H groups in total. The smallest absolute Gasteiger partial charge is 0.430 e. The van der Waals surface area contributed by atoms with Crippen LogP contribution in [0.15, 0.2) is 12.2 Å². The monoisotopic (exact) mass is 396 g/mol. The highest BCUT2D eigenvalue weighted by molar-refractivity contribution is 5.89. The molecule has 0 aromatic rings. The van der Waals surface area contributed by atoms with Crippen LogP contribution in [0.3, 0.4) is 0 Å². The summed E-state index contributed by atoms with van der Waals surface area (Å²) < 4.78 is 90.2. The summed E-state index contributed by atoms with van der Waals surface area (Å²) in [5.74, 6) is -2.89. The first-order chi connectivity index (χ1) is 11.5. The minimum atomic E-state index is -6.20. The fourth-order valence-corrected chi connectivity index (χ4v) is 1.74. The molecule has 6 nitrogen and oxygen atoms in total. The molecule has 12 heteroatoms. The van der Waals surface area contributed by atoms with Gasteiger partial charge in [-0.1, -0.05) is 6.58 Å². The Morgan fingerprint density at radius 1 is 1.00 bits per heavy atom. The maximum atomic E-state index is 12.8. The molecule has 0 amide bonds. The van der Waals surface area contributed by atoms with Crippen molar-refractivity contribution in [3.8, 4) is 0 Å². The Hall–Kier alpha value is -1.82. The van der Waals surface area contributed by atoms with Gasteiger partial charge in [0, 0.05) is 6.61 Å². The number of rotatable bonds is 8. The summed E-state index contributed by atoms with van der Waals surface area (Å²) in [4.78, 5) is 22.9. The minimum Gasteiger partial charge on any atom is -0.453 e. The molecule has 0 aromatic carbocycles. The second-order valence-corrected chi connectivity index (χ2v) is 5.51. The van der Waals surface area contributed by atoms with Gasteiger partial charge in [0.05, 0.1) is 12.2 Å². The Balaban J connectivity index is 5.11. The normalized spacial score (nSPS) is 13.3. The van der Waals surface area contributed by atoms with Gasteiger partial charge < -0.3 is 19.3 Å². The number of esters is 2. The Kier molecular flexibility index (Phi) is 7.67. The summed E-state index contributed by atoms with van der Waals surface area (Å²) in [6, 6.07) is 0. The predicted octanol–water partition coefficient (Wildman–Crippen LogP) is 2.30. The number of halogens is 6. The fraction of sp³-hybridized carbons (Fsp3) is 0.714. The van der Waals surface area contributed by atoms with Crippen molar-refractivity contribution in [2.75, 3.05) is 19.8 Å². The number of alkyl halides is 6. The first-order valence-corrected chi connectivity index (χ1v) is 7.01. The van der Waals surface area contributed by atoms with E-state index in [4.69, 9.17) is 4.74 Å². The zero-order valence-corrected chi connectivity index (χ0v) is 14.1. The molecule has 0 aromatic heterocycles. The van der Waals surface area contributed by atoms with Crippen LogP contribution in [0.4, 0.5) is 26.3 Å². The number of carbonyl (C=O) groups excluding carboxylic acids is 2. The zero-order chi connectivity index (χ0) is 21.0. The van der Waals surface area contributed by atoms with Crippen LogP contribution < -0.4 is 0 Å². The van der Waals surface area contributed by atoms with E-state index in [0.717, 1.165) is 0 Å². The molecule has 0 atom stereocenters. The van der Waals surface area contributed by atoms with E-state index in [1.807, 2.05) is 0 Å². The highest BCUT2D eigenvalue weighted by Crippen LogP contribution is 2.50. The lowest BCUT2D eigenvalue weighted by atomic mass is 9.84. The zero-order valence-electron chi connectivity index (χ0n) is 14.1. The number of hydrogen-bond donors (Lipinski definition) is 1. The summed E-state index contributed by atoms with van der Waals surface area (Å²) in [7, 11) is 0. The van der Waals surface area contributed by atoms with Gasteiger partial charge in [-0.15, -0.1) is 0 Å². The van der Waals surface area contributed by atoms with Gasteiger partial charge in [-0.3, -0.25) is 0 Å². The third kappa shape index (κ3) is 5.34. The molecule has 0 bridgehead atoms. The third-order valence-electron chi connectivity index (χ3n) is 3.15. The van der Waals surface area contributed by atoms with Crippen molar-refractivity contribution in [3.63, 3.8) is 0 Å². The standard InChI is InChI=1S/C14H18F6O6/c1-5-24-6-8(2)10(22)25-7-9(21)26-11(3,4)12(23,13(15,16)17)14(18,19)20/h23H,2,5-7H2,1,3-4H3. The highest BCUT2D eigenvalue weighted by atomic mass is 19.4. The van der Waals surface area contributed by atoms with Crippen molar-refractivity contribution in [1.82, 2.24) is 0 Å². The summed E-state index contributed by atoms with van der Waals surface area (Å²) in [6.07, 6.45) is -12.4. The first-order valence-electron chi connectivity index (χ1n) is 7.01. The SMILES string of the molecule is C=C(COCC)C(=O)OCC(=O)OC(C)(C)C(O)(C(F)(F)F)C(F)(F)F. The molecule has 0 rings (SSSR count). The van der Waals surface area contributed by atoms with Crippen LogP contribution in [-0.2, 0) is 23.8 Å². The van der Waals surface area contributed by atoms with E-state index in [-0.39, 0.29) is 32.6 Å². The lowest BCUT2D eigenvalue weighted by molar-refractivity contribution is -0.407. The van der Waals surface area contributed by atoms with E-state index in [2.05, 4.69) is 16.1 Å². The largest absolute Gasteiger partial charge is 0.453 e. The van der Waals surface area contributed by atoms with Crippen LogP contribution >= 0.6 is 0 Å². The average Bonchev–Trinajstić information content (AvgIpc) is 2.46. The van der Waals surface area contributed by atoms with Crippen molar-refractivity contribution >= 4 is 11.9 Å². The van der Waals surface area contributed by atoms with Gasteiger partial charge in [0.15, 0.2) is 12.2 Å². The van der Waals surface area contributed by atoms with Crippen LogP contribution in [-0.4, -0.2) is 60.4 Å². The van der Waals surface area contributed by atoms with Crippen LogP contribution in [0, 0.1) is 0 Å². The van der Waals surface area contributed by atoms with Gasteiger partial charge in [-0.05, 0) is 20.8 Å². The lowest BCUT2D eigenvalue weighted by Gasteiger charge is -2.43. The highest BCUT2D eigenvalue weighted by Gasteiger charge is 2.78. The molecule has 0 heterocycles. The maximum absolute atomic E-state index is 12.8. The van der Waals surface area contributed by atoms with Crippen LogP contribution in [0.5, 0.6) is 0 Å². The van der Waals surface area contributed by atoms with E-state index >= 15 is 0 Å². The van der Waals surface area contributed by atoms with Crippen LogP contribution in [0.2, 0.25) is 0 Å². The lowest BCUT2D eigenvalue weighted by Crippen LogP contribution is -2.70.